The fourth-order valence-corrected chi connectivity index (χ4v) is 13.9. The molecule has 0 atom stereocenters. The summed E-state index contributed by atoms with van der Waals surface area (Å²) in [6, 6.07) is 102. The molecule has 0 aliphatic heterocycles. The summed E-state index contributed by atoms with van der Waals surface area (Å²) in [5.74, 6) is 0. The standard InChI is InChI=1S/C48H51N4.C24H20P.4C2H3N.Fe/c1-46(2,3)34-22-28-37(29-23-34)49-40-16-10-13-19-43(40)52(44-20-14-11-17-41(44)50-38-30-24-35(25-31-38)47(4,5)6)45-21-15-12-18-42(45)51-39-32-26-36(27-33-39)48(7,8)9;1-5-13-21(14-6-1)25(22-15-7-2-8-16-22,23-17-9-3-10-18-23)24-19-11-4-12-20-24;4*1-2-3;/h10-33H,1-9H3;1-20H;4*1H3;/q-3;+1;;;;;+3. The summed E-state index contributed by atoms with van der Waals surface area (Å²) >= 11 is 0. The van der Waals surface area contributed by atoms with Crippen LogP contribution in [0.3, 0.4) is 0 Å². The Hall–Kier alpha value is -9.69. The molecule has 455 valence electrons. The van der Waals surface area contributed by atoms with Gasteiger partial charge in [-0.1, -0.05) is 263 Å². The number of hydrogen-bond acceptors (Lipinski definition) is 5. The zero-order chi connectivity index (χ0) is 64.9. The van der Waals surface area contributed by atoms with Crippen LogP contribution in [0.25, 0.3) is 16.0 Å². The van der Waals surface area contributed by atoms with Crippen molar-refractivity contribution in [1.29, 1.82) is 21.0 Å². The molecule has 0 saturated carbocycles. The zero-order valence-corrected chi connectivity index (χ0v) is 56.3. The van der Waals surface area contributed by atoms with Crippen molar-refractivity contribution in [2.24, 2.45) is 0 Å². The zero-order valence-electron chi connectivity index (χ0n) is 54.3. The van der Waals surface area contributed by atoms with E-state index in [1.165, 1.54) is 65.6 Å². The van der Waals surface area contributed by atoms with Gasteiger partial charge in [0, 0.05) is 44.8 Å². The van der Waals surface area contributed by atoms with Gasteiger partial charge >= 0.3 is 17.1 Å². The number of hydrogen-bond donors (Lipinski definition) is 0. The second-order valence-electron chi connectivity index (χ2n) is 23.4. The fraction of sp³-hybridized carbons (Fsp3) is 0.200. The Morgan fingerprint density at radius 1 is 0.278 bits per heavy atom. The molecular formula is C80H83FeN8P+. The van der Waals surface area contributed by atoms with E-state index in [9.17, 15) is 0 Å². The summed E-state index contributed by atoms with van der Waals surface area (Å²) in [6.45, 7) is 25.8. The molecule has 90 heavy (non-hydrogen) atoms. The summed E-state index contributed by atoms with van der Waals surface area (Å²) in [5.41, 5.74) is 12.0. The van der Waals surface area contributed by atoms with E-state index < -0.39 is 7.26 Å². The predicted molar refractivity (Wildman–Crippen MR) is 381 cm³/mol. The topological polar surface area (TPSA) is 141 Å². The maximum absolute atomic E-state index is 7.32. The molecule has 0 fully saturated rings. The van der Waals surface area contributed by atoms with Crippen molar-refractivity contribution in [2.75, 3.05) is 4.90 Å². The first kappa shape index (κ1) is 72.8. The van der Waals surface area contributed by atoms with Crippen molar-refractivity contribution in [3.05, 3.63) is 300 Å². The molecule has 0 aromatic heterocycles. The summed E-state index contributed by atoms with van der Waals surface area (Å²) in [7, 11) is -1.91. The molecule has 0 saturated heterocycles. The van der Waals surface area contributed by atoms with E-state index in [-0.39, 0.29) is 33.3 Å². The maximum Gasteiger partial charge on any atom is 3.00 e. The number of rotatable bonds is 13. The van der Waals surface area contributed by atoms with Crippen LogP contribution in [-0.2, 0) is 33.3 Å². The van der Waals surface area contributed by atoms with Gasteiger partial charge in [0.2, 0.25) is 0 Å². The van der Waals surface area contributed by atoms with Crippen LogP contribution in [0.1, 0.15) is 107 Å². The average Bonchev–Trinajstić information content (AvgIpc) is 0.796. The molecule has 0 N–H and O–H groups in total. The Morgan fingerprint density at radius 2 is 0.456 bits per heavy atom. The Morgan fingerprint density at radius 3 is 0.644 bits per heavy atom. The van der Waals surface area contributed by atoms with E-state index in [0.29, 0.717) is 0 Å². The third-order valence-electron chi connectivity index (χ3n) is 13.9. The summed E-state index contributed by atoms with van der Waals surface area (Å²) in [6.07, 6.45) is 0. The van der Waals surface area contributed by atoms with E-state index in [1.54, 1.807) is 24.3 Å². The Balaban J connectivity index is 0.000000376. The molecule has 0 aliphatic rings. The van der Waals surface area contributed by atoms with Crippen LogP contribution >= 0.6 is 7.26 Å². The second kappa shape index (κ2) is 36.0. The molecule has 10 heteroatoms. The molecular weight excluding hydrogens is 1160 g/mol. The smallest absolute Gasteiger partial charge is 0.656 e. The molecule has 0 heterocycles. The van der Waals surface area contributed by atoms with E-state index in [1.807, 2.05) is 18.2 Å². The van der Waals surface area contributed by atoms with Gasteiger partial charge in [-0.05, 0) is 99.7 Å². The fourth-order valence-electron chi connectivity index (χ4n) is 9.66. The number of anilines is 3. The first-order valence-electron chi connectivity index (χ1n) is 29.6. The molecule has 1 radical (unpaired) electrons. The third kappa shape index (κ3) is 20.4. The minimum Gasteiger partial charge on any atom is -0.656 e. The van der Waals surface area contributed by atoms with E-state index in [2.05, 4.69) is 316 Å². The van der Waals surface area contributed by atoms with Gasteiger partial charge in [0.25, 0.3) is 0 Å². The second-order valence-corrected chi connectivity index (χ2v) is 26.8. The number of benzene rings is 10. The number of nitrogens with zero attached hydrogens (tertiary/aromatic N) is 8. The normalized spacial score (nSPS) is 10.4. The summed E-state index contributed by atoms with van der Waals surface area (Å²) in [4.78, 5) is 2.26. The van der Waals surface area contributed by atoms with Crippen LogP contribution in [0.15, 0.2) is 267 Å². The van der Waals surface area contributed by atoms with E-state index >= 15 is 0 Å². The van der Waals surface area contributed by atoms with Crippen molar-refractivity contribution in [2.45, 2.75) is 106 Å². The van der Waals surface area contributed by atoms with Crippen molar-refractivity contribution >= 4 is 79.7 Å². The molecule has 0 bridgehead atoms. The monoisotopic (exact) mass is 1240 g/mol. The minimum atomic E-state index is -1.91. The maximum atomic E-state index is 7.32. The Bertz CT molecular complexity index is 3430. The van der Waals surface area contributed by atoms with Crippen LogP contribution in [0, 0.1) is 45.3 Å². The first-order valence-corrected chi connectivity index (χ1v) is 31.4. The molecule has 10 rings (SSSR count). The van der Waals surface area contributed by atoms with Crippen LogP contribution < -0.4 is 26.1 Å². The van der Waals surface area contributed by atoms with Crippen molar-refractivity contribution in [3.8, 4) is 24.3 Å². The van der Waals surface area contributed by atoms with Gasteiger partial charge in [-0.15, -0.1) is 34.1 Å². The van der Waals surface area contributed by atoms with Gasteiger partial charge < -0.3 is 20.9 Å². The van der Waals surface area contributed by atoms with Gasteiger partial charge in [0.1, 0.15) is 28.5 Å². The molecule has 0 spiro atoms. The Labute approximate surface area is 549 Å². The summed E-state index contributed by atoms with van der Waals surface area (Å²) < 4.78 is 0. The van der Waals surface area contributed by atoms with E-state index in [4.69, 9.17) is 37.0 Å². The predicted octanol–water partition coefficient (Wildman–Crippen LogP) is 22.5. The largest absolute Gasteiger partial charge is 3.00 e. The first-order chi connectivity index (χ1) is 42.7. The van der Waals surface area contributed by atoms with Crippen molar-refractivity contribution < 1.29 is 17.1 Å². The van der Waals surface area contributed by atoms with Gasteiger partial charge in [-0.25, -0.2) is 0 Å². The Kier molecular flexibility index (Phi) is 29.1. The van der Waals surface area contributed by atoms with Crippen molar-refractivity contribution in [1.82, 2.24) is 0 Å². The molecule has 0 amide bonds. The number of para-hydroxylation sites is 6. The van der Waals surface area contributed by atoms with Crippen LogP contribution in [0.2, 0.25) is 0 Å². The van der Waals surface area contributed by atoms with Crippen molar-refractivity contribution in [3.63, 3.8) is 0 Å². The third-order valence-corrected chi connectivity index (χ3v) is 18.2. The molecule has 0 unspecified atom stereocenters. The summed E-state index contributed by atoms with van der Waals surface area (Å²) in [5, 5.41) is 50.5. The van der Waals surface area contributed by atoms with Crippen LogP contribution in [0.4, 0.5) is 51.2 Å². The number of nitriles is 4. The molecule has 0 aliphatic carbocycles. The van der Waals surface area contributed by atoms with Gasteiger partial charge in [0.15, 0.2) is 0 Å². The van der Waals surface area contributed by atoms with Crippen LogP contribution in [-0.4, -0.2) is 0 Å². The quantitative estimate of drug-likeness (QED) is 0.0835. The molecule has 8 nitrogen and oxygen atoms in total. The SMILES string of the molecule is CC#N.CC#N.CC#N.CC#N.CC(C)(C)c1ccc([N-]c2ccccc2N(c2ccccc2[N-]c2ccc(C(C)(C)C)cc2)c2ccccc2[N-]c2ccc(C(C)(C)C)cc2)cc1.[Fe+3].c1ccc([P+](c2ccccc2)(c2ccccc2)c2ccccc2)cc1. The molecule has 10 aromatic rings. The average molecular weight is 1240 g/mol. The minimum absolute atomic E-state index is 0. The van der Waals surface area contributed by atoms with Gasteiger partial charge in [-0.3, -0.25) is 0 Å². The van der Waals surface area contributed by atoms with Gasteiger partial charge in [0.05, 0.1) is 24.3 Å². The van der Waals surface area contributed by atoms with E-state index in [0.717, 1.165) is 51.2 Å². The van der Waals surface area contributed by atoms with Crippen LogP contribution in [0.5, 0.6) is 0 Å². The molecule has 10 aromatic carbocycles. The van der Waals surface area contributed by atoms with Gasteiger partial charge in [-0.2, -0.15) is 21.0 Å².